The van der Waals surface area contributed by atoms with Gasteiger partial charge in [0.25, 0.3) is 5.91 Å². The highest BCUT2D eigenvalue weighted by Crippen LogP contribution is 2.25. The van der Waals surface area contributed by atoms with Gasteiger partial charge in [-0.25, -0.2) is 4.98 Å². The maximum absolute atomic E-state index is 11.8. The molecule has 0 saturated carbocycles. The van der Waals surface area contributed by atoms with Crippen LogP contribution >= 0.6 is 0 Å². The first-order chi connectivity index (χ1) is 13.6. The molecule has 3 aromatic rings. The fourth-order valence-corrected chi connectivity index (χ4v) is 4.04. The van der Waals surface area contributed by atoms with E-state index in [1.165, 1.54) is 5.52 Å². The molecule has 148 valence electrons. The summed E-state index contributed by atoms with van der Waals surface area (Å²) in [7, 11) is 1.63. The van der Waals surface area contributed by atoms with E-state index in [0.717, 1.165) is 44.0 Å². The Kier molecular flexibility index (Phi) is 5.17. The van der Waals surface area contributed by atoms with Crippen LogP contribution in [0.25, 0.3) is 5.52 Å². The molecular formula is C21H28N6O. The molecule has 7 nitrogen and oxygen atoms in total. The summed E-state index contributed by atoms with van der Waals surface area (Å²) in [6.45, 7) is 7.18. The topological polar surface area (TPSA) is 67.5 Å². The lowest BCUT2D eigenvalue weighted by Gasteiger charge is -2.32. The number of nitrogens with one attached hydrogen (secondary N) is 1. The molecule has 0 aliphatic carbocycles. The second kappa shape index (κ2) is 7.75. The summed E-state index contributed by atoms with van der Waals surface area (Å²) in [5.41, 5.74) is 2.80. The van der Waals surface area contributed by atoms with Gasteiger partial charge in [-0.2, -0.15) is 5.10 Å². The predicted octanol–water partition coefficient (Wildman–Crippen LogP) is 2.85. The van der Waals surface area contributed by atoms with E-state index in [1.54, 1.807) is 13.1 Å². The fraction of sp³-hybridized carbons (Fsp3) is 0.476. The summed E-state index contributed by atoms with van der Waals surface area (Å²) in [6, 6.07) is 8.36. The largest absolute Gasteiger partial charge is 0.354 e. The molecule has 1 N–H and O–H groups in total. The van der Waals surface area contributed by atoms with Gasteiger partial charge in [0, 0.05) is 38.4 Å². The van der Waals surface area contributed by atoms with Crippen molar-refractivity contribution in [2.75, 3.05) is 20.1 Å². The maximum atomic E-state index is 11.8. The molecule has 4 heterocycles. The Bertz CT molecular complexity index is 972. The average molecular weight is 380 g/mol. The summed E-state index contributed by atoms with van der Waals surface area (Å²) >= 11 is 0. The molecule has 0 aromatic carbocycles. The number of pyridine rings is 1. The number of nitrogens with zero attached hydrogens (tertiary/aromatic N) is 5. The van der Waals surface area contributed by atoms with Crippen LogP contribution < -0.4 is 5.32 Å². The van der Waals surface area contributed by atoms with E-state index in [9.17, 15) is 4.79 Å². The van der Waals surface area contributed by atoms with Crippen LogP contribution in [-0.4, -0.2) is 50.1 Å². The van der Waals surface area contributed by atoms with Gasteiger partial charge in [0.05, 0.1) is 17.3 Å². The van der Waals surface area contributed by atoms with Crippen LogP contribution in [0, 0.1) is 0 Å². The minimum atomic E-state index is -0.142. The predicted molar refractivity (Wildman–Crippen MR) is 108 cm³/mol. The minimum Gasteiger partial charge on any atom is -0.354 e. The lowest BCUT2D eigenvalue weighted by atomic mass is 10.1. The first-order valence-corrected chi connectivity index (χ1v) is 10.0. The van der Waals surface area contributed by atoms with Crippen molar-refractivity contribution in [1.29, 1.82) is 0 Å². The highest BCUT2D eigenvalue weighted by molar-refractivity contribution is 5.91. The Morgan fingerprint density at radius 2 is 2.14 bits per heavy atom. The second-order valence-corrected chi connectivity index (χ2v) is 7.82. The lowest BCUT2D eigenvalue weighted by Crippen LogP contribution is -2.36. The van der Waals surface area contributed by atoms with Gasteiger partial charge < -0.3 is 9.72 Å². The molecule has 3 aromatic heterocycles. The van der Waals surface area contributed by atoms with E-state index >= 15 is 0 Å². The SMILES string of the molecule is CNC(=O)c1ccn([C@H]2CCCN(Cc3nc(C(C)C)n4ccccc34)C2)n1. The highest BCUT2D eigenvalue weighted by Gasteiger charge is 2.24. The van der Waals surface area contributed by atoms with E-state index in [0.29, 0.717) is 11.6 Å². The monoisotopic (exact) mass is 380 g/mol. The minimum absolute atomic E-state index is 0.142. The third kappa shape index (κ3) is 3.54. The average Bonchev–Trinajstić information content (AvgIpc) is 3.34. The summed E-state index contributed by atoms with van der Waals surface area (Å²) in [5, 5.41) is 7.11. The summed E-state index contributed by atoms with van der Waals surface area (Å²) in [5.74, 6) is 1.35. The number of hydrogen-bond acceptors (Lipinski definition) is 4. The Hall–Kier alpha value is -2.67. The van der Waals surface area contributed by atoms with Crippen LogP contribution in [0.3, 0.4) is 0 Å². The number of carbonyl (C=O) groups is 1. The Balaban J connectivity index is 1.52. The second-order valence-electron chi connectivity index (χ2n) is 7.82. The van der Waals surface area contributed by atoms with Crippen molar-refractivity contribution in [3.05, 3.63) is 53.9 Å². The van der Waals surface area contributed by atoms with Gasteiger partial charge in [0.2, 0.25) is 0 Å². The van der Waals surface area contributed by atoms with Crippen molar-refractivity contribution in [3.63, 3.8) is 0 Å². The lowest BCUT2D eigenvalue weighted by molar-refractivity contribution is 0.0955. The molecule has 0 bridgehead atoms. The Labute approximate surface area is 165 Å². The molecule has 0 spiro atoms. The number of carbonyl (C=O) groups excluding carboxylic acids is 1. The first-order valence-electron chi connectivity index (χ1n) is 10.0. The van der Waals surface area contributed by atoms with Crippen molar-refractivity contribution < 1.29 is 4.79 Å². The normalized spacial score (nSPS) is 18.1. The number of hydrogen-bond donors (Lipinski definition) is 1. The van der Waals surface area contributed by atoms with Gasteiger partial charge in [-0.15, -0.1) is 0 Å². The highest BCUT2D eigenvalue weighted by atomic mass is 16.1. The molecule has 7 heteroatoms. The van der Waals surface area contributed by atoms with Gasteiger partial charge in [-0.3, -0.25) is 14.4 Å². The zero-order valence-electron chi connectivity index (χ0n) is 16.8. The van der Waals surface area contributed by atoms with Crippen molar-refractivity contribution in [1.82, 2.24) is 29.4 Å². The number of rotatable bonds is 5. The molecule has 1 saturated heterocycles. The van der Waals surface area contributed by atoms with E-state index in [1.807, 2.05) is 10.9 Å². The number of amides is 1. The van der Waals surface area contributed by atoms with E-state index in [2.05, 4.69) is 58.0 Å². The van der Waals surface area contributed by atoms with Crippen LogP contribution in [0.2, 0.25) is 0 Å². The zero-order valence-corrected chi connectivity index (χ0v) is 16.8. The van der Waals surface area contributed by atoms with E-state index in [-0.39, 0.29) is 11.9 Å². The third-order valence-electron chi connectivity index (χ3n) is 5.46. The fourth-order valence-electron chi connectivity index (χ4n) is 4.04. The van der Waals surface area contributed by atoms with Gasteiger partial charge >= 0.3 is 0 Å². The Morgan fingerprint density at radius 3 is 2.93 bits per heavy atom. The maximum Gasteiger partial charge on any atom is 0.271 e. The van der Waals surface area contributed by atoms with Crippen LogP contribution in [0.1, 0.15) is 60.7 Å². The van der Waals surface area contributed by atoms with Crippen molar-refractivity contribution in [3.8, 4) is 0 Å². The molecule has 1 atom stereocenters. The van der Waals surface area contributed by atoms with Crippen molar-refractivity contribution >= 4 is 11.4 Å². The zero-order chi connectivity index (χ0) is 19.7. The summed E-state index contributed by atoms with van der Waals surface area (Å²) < 4.78 is 4.16. The molecule has 0 radical (unpaired) electrons. The first kappa shape index (κ1) is 18.7. The molecule has 1 aliphatic heterocycles. The van der Waals surface area contributed by atoms with Gasteiger partial charge in [0.15, 0.2) is 0 Å². The smallest absolute Gasteiger partial charge is 0.271 e. The van der Waals surface area contributed by atoms with Crippen molar-refractivity contribution in [2.24, 2.45) is 0 Å². The number of piperidine rings is 1. The summed E-state index contributed by atoms with van der Waals surface area (Å²) in [4.78, 5) is 19.2. The molecular weight excluding hydrogens is 352 g/mol. The van der Waals surface area contributed by atoms with Crippen LogP contribution in [-0.2, 0) is 6.54 Å². The standard InChI is InChI=1S/C21H28N6O/c1-15(2)20-23-18(19-8-4-5-11-26(19)20)14-25-10-6-7-16(13-25)27-12-9-17(24-27)21(28)22-3/h4-5,8-9,11-12,15-16H,6-7,10,13-14H2,1-3H3,(H,22,28)/t16-/m0/s1. The van der Waals surface area contributed by atoms with Gasteiger partial charge in [-0.05, 0) is 37.6 Å². The van der Waals surface area contributed by atoms with Crippen LogP contribution in [0.5, 0.6) is 0 Å². The number of aromatic nitrogens is 4. The van der Waals surface area contributed by atoms with E-state index in [4.69, 9.17) is 4.98 Å². The quantitative estimate of drug-likeness (QED) is 0.739. The molecule has 4 rings (SSSR count). The Morgan fingerprint density at radius 1 is 1.29 bits per heavy atom. The summed E-state index contributed by atoms with van der Waals surface area (Å²) in [6.07, 6.45) is 6.21. The molecule has 1 fully saturated rings. The molecule has 1 amide bonds. The van der Waals surface area contributed by atoms with Crippen LogP contribution in [0.4, 0.5) is 0 Å². The molecule has 0 unspecified atom stereocenters. The number of fused-ring (bicyclic) bond motifs is 1. The van der Waals surface area contributed by atoms with E-state index < -0.39 is 0 Å². The van der Waals surface area contributed by atoms with Gasteiger partial charge in [-0.1, -0.05) is 19.9 Å². The van der Waals surface area contributed by atoms with Crippen LogP contribution in [0.15, 0.2) is 36.7 Å². The number of likely N-dealkylation sites (tertiary alicyclic amines) is 1. The van der Waals surface area contributed by atoms with Crippen molar-refractivity contribution in [2.45, 2.75) is 45.2 Å². The number of imidazole rings is 1. The third-order valence-corrected chi connectivity index (χ3v) is 5.46. The van der Waals surface area contributed by atoms with Gasteiger partial charge in [0.1, 0.15) is 11.5 Å². The molecule has 28 heavy (non-hydrogen) atoms. The molecule has 1 aliphatic rings.